The van der Waals surface area contributed by atoms with Crippen LogP contribution in [-0.2, 0) is 0 Å². The van der Waals surface area contributed by atoms with E-state index in [2.05, 4.69) is 36.7 Å². The van der Waals surface area contributed by atoms with Crippen molar-refractivity contribution in [2.24, 2.45) is 5.92 Å². The first-order chi connectivity index (χ1) is 7.42. The van der Waals surface area contributed by atoms with Crippen LogP contribution in [0.1, 0.15) is 38.9 Å². The zero-order chi connectivity index (χ0) is 11.9. The zero-order valence-electron chi connectivity index (χ0n) is 9.83. The second kappa shape index (κ2) is 4.04. The predicted octanol–water partition coefficient (Wildman–Crippen LogP) is 3.68. The molecule has 16 heavy (non-hydrogen) atoms. The molecule has 1 aromatic carbocycles. The minimum Gasteiger partial charge on any atom is -0.487 e. The molecule has 1 aliphatic heterocycles. The maximum Gasteiger partial charge on any atom is 0.127 e. The van der Waals surface area contributed by atoms with Crippen molar-refractivity contribution in [3.8, 4) is 5.75 Å². The van der Waals surface area contributed by atoms with E-state index in [4.69, 9.17) is 4.74 Å². The van der Waals surface area contributed by atoms with E-state index >= 15 is 0 Å². The second-order valence-electron chi connectivity index (χ2n) is 4.97. The predicted molar refractivity (Wildman–Crippen MR) is 67.6 cm³/mol. The Kier molecular flexibility index (Phi) is 3.01. The van der Waals surface area contributed by atoms with Crippen LogP contribution in [0, 0.1) is 5.92 Å². The Bertz CT molecular complexity index is 403. The first-order valence-electron chi connectivity index (χ1n) is 5.59. The van der Waals surface area contributed by atoms with Gasteiger partial charge < -0.3 is 9.84 Å². The number of hydrogen-bond acceptors (Lipinski definition) is 2. The quantitative estimate of drug-likeness (QED) is 0.853. The van der Waals surface area contributed by atoms with Crippen molar-refractivity contribution in [3.05, 3.63) is 28.2 Å². The molecule has 2 atom stereocenters. The van der Waals surface area contributed by atoms with Crippen molar-refractivity contribution >= 4 is 15.9 Å². The Morgan fingerprint density at radius 2 is 2.19 bits per heavy atom. The maximum absolute atomic E-state index is 10.1. The molecule has 0 fully saturated rings. The molecule has 2 nitrogen and oxygen atoms in total. The van der Waals surface area contributed by atoms with Crippen LogP contribution >= 0.6 is 15.9 Å². The summed E-state index contributed by atoms with van der Waals surface area (Å²) in [6.45, 7) is 6.30. The van der Waals surface area contributed by atoms with Gasteiger partial charge in [0.15, 0.2) is 0 Å². The van der Waals surface area contributed by atoms with Crippen LogP contribution in [0.2, 0.25) is 0 Å². The third kappa shape index (κ3) is 1.98. The van der Waals surface area contributed by atoms with Crippen LogP contribution in [0.4, 0.5) is 0 Å². The molecule has 88 valence electrons. The van der Waals surface area contributed by atoms with E-state index < -0.39 is 6.10 Å². The van der Waals surface area contributed by atoms with Gasteiger partial charge in [0.25, 0.3) is 0 Å². The molecule has 2 rings (SSSR count). The molecule has 1 aliphatic rings. The SMILES string of the molecule is CC(C)C1(C)C[C@H](O)c2ccc(Br)cc2O1. The summed E-state index contributed by atoms with van der Waals surface area (Å²) in [4.78, 5) is 0. The number of aliphatic hydroxyl groups is 1. The number of ether oxygens (including phenoxy) is 1. The highest BCUT2D eigenvalue weighted by Gasteiger charge is 2.38. The fraction of sp³-hybridized carbons (Fsp3) is 0.538. The van der Waals surface area contributed by atoms with Gasteiger partial charge in [0.1, 0.15) is 11.4 Å². The smallest absolute Gasteiger partial charge is 0.127 e. The molecule has 1 aromatic rings. The fourth-order valence-electron chi connectivity index (χ4n) is 2.01. The standard InChI is InChI=1S/C13H17BrO2/c1-8(2)13(3)7-11(15)10-5-4-9(14)6-12(10)16-13/h4-6,8,11,15H,7H2,1-3H3/t11-,13?/m0/s1. The lowest BCUT2D eigenvalue weighted by Gasteiger charge is -2.41. The molecular weight excluding hydrogens is 268 g/mol. The van der Waals surface area contributed by atoms with Gasteiger partial charge in [-0.2, -0.15) is 0 Å². The molecule has 1 N–H and O–H groups in total. The highest BCUT2D eigenvalue weighted by Crippen LogP contribution is 2.43. The summed E-state index contributed by atoms with van der Waals surface area (Å²) in [5.41, 5.74) is 0.606. The van der Waals surface area contributed by atoms with E-state index in [1.807, 2.05) is 18.2 Å². The number of rotatable bonds is 1. The summed E-state index contributed by atoms with van der Waals surface area (Å²) >= 11 is 3.42. The average Bonchev–Trinajstić information content (AvgIpc) is 2.16. The van der Waals surface area contributed by atoms with Gasteiger partial charge in [-0.15, -0.1) is 0 Å². The molecule has 0 bridgehead atoms. The number of halogens is 1. The van der Waals surface area contributed by atoms with Gasteiger partial charge in [-0.05, 0) is 25.0 Å². The Morgan fingerprint density at radius 3 is 2.81 bits per heavy atom. The summed E-state index contributed by atoms with van der Waals surface area (Å²) in [5.74, 6) is 1.17. The molecule has 0 radical (unpaired) electrons. The Hall–Kier alpha value is -0.540. The number of fused-ring (bicyclic) bond motifs is 1. The van der Waals surface area contributed by atoms with Crippen LogP contribution < -0.4 is 4.74 Å². The number of hydrogen-bond donors (Lipinski definition) is 1. The molecule has 0 amide bonds. The van der Waals surface area contributed by atoms with Crippen molar-refractivity contribution in [1.82, 2.24) is 0 Å². The van der Waals surface area contributed by atoms with Crippen LogP contribution in [-0.4, -0.2) is 10.7 Å². The molecule has 0 spiro atoms. The Morgan fingerprint density at radius 1 is 1.50 bits per heavy atom. The molecule has 0 aliphatic carbocycles. The largest absolute Gasteiger partial charge is 0.487 e. The van der Waals surface area contributed by atoms with Crippen LogP contribution in [0.5, 0.6) is 5.75 Å². The minimum atomic E-state index is -0.427. The van der Waals surface area contributed by atoms with Crippen molar-refractivity contribution in [2.45, 2.75) is 38.9 Å². The van der Waals surface area contributed by atoms with E-state index in [9.17, 15) is 5.11 Å². The summed E-state index contributed by atoms with van der Waals surface area (Å²) in [7, 11) is 0. The average molecular weight is 285 g/mol. The summed E-state index contributed by atoms with van der Waals surface area (Å²) < 4.78 is 7.02. The third-order valence-corrected chi connectivity index (χ3v) is 3.99. The summed E-state index contributed by atoms with van der Waals surface area (Å²) in [5, 5.41) is 10.1. The normalized spacial score (nSPS) is 28.8. The number of benzene rings is 1. The second-order valence-corrected chi connectivity index (χ2v) is 5.89. The lowest BCUT2D eigenvalue weighted by atomic mass is 9.82. The van der Waals surface area contributed by atoms with E-state index in [0.29, 0.717) is 12.3 Å². The zero-order valence-corrected chi connectivity index (χ0v) is 11.4. The van der Waals surface area contributed by atoms with Crippen molar-refractivity contribution in [3.63, 3.8) is 0 Å². The monoisotopic (exact) mass is 284 g/mol. The van der Waals surface area contributed by atoms with E-state index in [1.54, 1.807) is 0 Å². The number of aliphatic hydroxyl groups excluding tert-OH is 1. The van der Waals surface area contributed by atoms with Gasteiger partial charge in [0.2, 0.25) is 0 Å². The fourth-order valence-corrected chi connectivity index (χ4v) is 2.35. The molecule has 1 unspecified atom stereocenters. The van der Waals surface area contributed by atoms with Gasteiger partial charge in [-0.25, -0.2) is 0 Å². The Labute approximate surface area is 105 Å². The maximum atomic E-state index is 10.1. The Balaban J connectivity index is 2.42. The van der Waals surface area contributed by atoms with Gasteiger partial charge >= 0.3 is 0 Å². The van der Waals surface area contributed by atoms with Crippen molar-refractivity contribution < 1.29 is 9.84 Å². The lowest BCUT2D eigenvalue weighted by molar-refractivity contribution is -0.0322. The first-order valence-corrected chi connectivity index (χ1v) is 6.38. The first kappa shape index (κ1) is 11.9. The van der Waals surface area contributed by atoms with E-state index in [1.165, 1.54) is 0 Å². The topological polar surface area (TPSA) is 29.5 Å². The van der Waals surface area contributed by atoms with Crippen molar-refractivity contribution in [2.75, 3.05) is 0 Å². The van der Waals surface area contributed by atoms with Gasteiger partial charge in [0, 0.05) is 16.5 Å². The lowest BCUT2D eigenvalue weighted by Crippen LogP contribution is -2.42. The minimum absolute atomic E-state index is 0.285. The summed E-state index contributed by atoms with van der Waals surface area (Å²) in [6, 6.07) is 5.78. The van der Waals surface area contributed by atoms with Crippen LogP contribution in [0.3, 0.4) is 0 Å². The van der Waals surface area contributed by atoms with Gasteiger partial charge in [-0.3, -0.25) is 0 Å². The molecule has 0 saturated carbocycles. The molecule has 0 aromatic heterocycles. The van der Waals surface area contributed by atoms with E-state index in [0.717, 1.165) is 15.8 Å². The highest BCUT2D eigenvalue weighted by atomic mass is 79.9. The van der Waals surface area contributed by atoms with Crippen LogP contribution in [0.25, 0.3) is 0 Å². The molecule has 1 heterocycles. The van der Waals surface area contributed by atoms with E-state index in [-0.39, 0.29) is 5.60 Å². The summed E-state index contributed by atoms with van der Waals surface area (Å²) in [6.07, 6.45) is 0.225. The highest BCUT2D eigenvalue weighted by molar-refractivity contribution is 9.10. The third-order valence-electron chi connectivity index (χ3n) is 3.50. The molecule has 3 heteroatoms. The molecular formula is C13H17BrO2. The van der Waals surface area contributed by atoms with Crippen LogP contribution in [0.15, 0.2) is 22.7 Å². The van der Waals surface area contributed by atoms with Crippen molar-refractivity contribution in [1.29, 1.82) is 0 Å². The molecule has 0 saturated heterocycles. The van der Waals surface area contributed by atoms with Gasteiger partial charge in [-0.1, -0.05) is 35.8 Å². The van der Waals surface area contributed by atoms with Gasteiger partial charge in [0.05, 0.1) is 6.10 Å².